The molecular weight excluding hydrogens is 611 g/mol. The fourth-order valence-corrected chi connectivity index (χ4v) is 7.36. The van der Waals surface area contributed by atoms with Crippen LogP contribution >= 0.6 is 0 Å². The number of fused-ring (bicyclic) bond motifs is 6. The second-order valence-electron chi connectivity index (χ2n) is 12.3. The van der Waals surface area contributed by atoms with Gasteiger partial charge >= 0.3 is 0 Å². The first kappa shape index (κ1) is 28.8. The average Bonchev–Trinajstić information content (AvgIpc) is 3.70. The van der Waals surface area contributed by atoms with Crippen LogP contribution < -0.4 is 0 Å². The average molecular weight is 636 g/mol. The molecule has 2 aromatic heterocycles. The van der Waals surface area contributed by atoms with E-state index in [1.54, 1.807) is 6.07 Å². The highest BCUT2D eigenvalue weighted by Gasteiger charge is 2.19. The molecule has 2 heterocycles. The number of benzene rings is 7. The van der Waals surface area contributed by atoms with E-state index in [4.69, 9.17) is 6.57 Å². The molecule has 0 unspecified atom stereocenters. The third kappa shape index (κ3) is 4.38. The smallest absolute Gasteiger partial charge is 0.189 e. The Morgan fingerprint density at radius 3 is 1.70 bits per heavy atom. The Morgan fingerprint density at radius 2 is 1.06 bits per heavy atom. The van der Waals surface area contributed by atoms with Gasteiger partial charge in [-0.25, -0.2) is 4.85 Å². The zero-order chi connectivity index (χ0) is 33.8. The van der Waals surface area contributed by atoms with Gasteiger partial charge in [0.25, 0.3) is 0 Å². The van der Waals surface area contributed by atoms with Crippen LogP contribution in [-0.4, -0.2) is 9.13 Å². The normalized spacial score (nSPS) is 11.1. The SMILES string of the molecule is [C-]#[N+]c1ccc(-c2ccc(-c3ccc(-n4c5ccccc5c5ccccc54)cc3)cc2C#N)c(-n2c3ccccc3c3cc(C#N)ccc32)c1. The van der Waals surface area contributed by atoms with Crippen molar-refractivity contribution in [2.45, 2.75) is 0 Å². The lowest BCUT2D eigenvalue weighted by Gasteiger charge is -2.16. The lowest BCUT2D eigenvalue weighted by Crippen LogP contribution is -1.98. The molecule has 0 aliphatic rings. The Balaban J connectivity index is 1.17. The van der Waals surface area contributed by atoms with Crippen molar-refractivity contribution in [3.63, 3.8) is 0 Å². The van der Waals surface area contributed by atoms with Crippen LogP contribution in [0.4, 0.5) is 5.69 Å². The third-order valence-corrected chi connectivity index (χ3v) is 9.62. The molecule has 5 nitrogen and oxygen atoms in total. The van der Waals surface area contributed by atoms with E-state index < -0.39 is 0 Å². The first-order chi connectivity index (χ1) is 24.7. The monoisotopic (exact) mass is 635 g/mol. The summed E-state index contributed by atoms with van der Waals surface area (Å²) in [5.41, 5.74) is 11.3. The van der Waals surface area contributed by atoms with Crippen LogP contribution in [0.1, 0.15) is 11.1 Å². The van der Waals surface area contributed by atoms with Gasteiger partial charge in [-0.3, -0.25) is 0 Å². The summed E-state index contributed by atoms with van der Waals surface area (Å²) in [5.74, 6) is 0. The highest BCUT2D eigenvalue weighted by Crippen LogP contribution is 2.40. The molecule has 0 amide bonds. The second-order valence-corrected chi connectivity index (χ2v) is 12.3. The predicted molar refractivity (Wildman–Crippen MR) is 202 cm³/mol. The van der Waals surface area contributed by atoms with Gasteiger partial charge in [-0.05, 0) is 71.8 Å². The zero-order valence-electron chi connectivity index (χ0n) is 26.7. The standard InChI is InChI=1S/C45H25N5/c1-48-33-18-22-39(45(26-33)50-43-13-7-4-10-38(43)40-24-29(27-46)14-23-44(40)50)35-21-17-31(25-32(35)28-47)30-15-19-34(20-16-30)49-41-11-5-2-8-36(41)37-9-3-6-12-42(37)49/h2-26H. The highest BCUT2D eigenvalue weighted by molar-refractivity contribution is 6.11. The van der Waals surface area contributed by atoms with Crippen molar-refractivity contribution in [3.8, 4) is 45.8 Å². The molecule has 0 aliphatic carbocycles. The molecule has 9 aromatic rings. The zero-order valence-corrected chi connectivity index (χ0v) is 26.7. The van der Waals surface area contributed by atoms with E-state index in [1.165, 1.54) is 10.8 Å². The van der Waals surface area contributed by atoms with E-state index in [9.17, 15) is 10.5 Å². The molecule has 230 valence electrons. The molecule has 0 fully saturated rings. The van der Waals surface area contributed by atoms with Crippen molar-refractivity contribution < 1.29 is 0 Å². The molecule has 9 rings (SSSR count). The Kier molecular flexibility index (Phi) is 6.56. The molecule has 5 heteroatoms. The summed E-state index contributed by atoms with van der Waals surface area (Å²) in [5, 5.41) is 24.5. The summed E-state index contributed by atoms with van der Waals surface area (Å²) in [4.78, 5) is 3.75. The molecular formula is C45H25N5. The van der Waals surface area contributed by atoms with Crippen LogP contribution in [0, 0.1) is 29.2 Å². The second kappa shape index (κ2) is 11.4. The van der Waals surface area contributed by atoms with Crippen LogP contribution in [-0.2, 0) is 0 Å². The fourth-order valence-electron chi connectivity index (χ4n) is 7.36. The maximum absolute atomic E-state index is 10.5. The summed E-state index contributed by atoms with van der Waals surface area (Å²) in [7, 11) is 0. The molecule has 50 heavy (non-hydrogen) atoms. The van der Waals surface area contributed by atoms with Crippen LogP contribution in [0.5, 0.6) is 0 Å². The summed E-state index contributed by atoms with van der Waals surface area (Å²) in [6, 6.07) is 55.6. The highest BCUT2D eigenvalue weighted by atomic mass is 15.0. The number of nitriles is 2. The maximum Gasteiger partial charge on any atom is 0.189 e. The van der Waals surface area contributed by atoms with Crippen molar-refractivity contribution in [3.05, 3.63) is 174 Å². The van der Waals surface area contributed by atoms with Gasteiger partial charge in [0, 0.05) is 44.0 Å². The Labute approximate surface area is 288 Å². The number of hydrogen-bond acceptors (Lipinski definition) is 2. The minimum Gasteiger partial charge on any atom is -0.310 e. The minimum absolute atomic E-state index is 0.502. The summed E-state index contributed by atoms with van der Waals surface area (Å²) in [6.45, 7) is 7.79. The number of hydrogen-bond donors (Lipinski definition) is 0. The fraction of sp³-hybridized carbons (Fsp3) is 0. The van der Waals surface area contributed by atoms with Gasteiger partial charge in [0.2, 0.25) is 0 Å². The first-order valence-electron chi connectivity index (χ1n) is 16.3. The van der Waals surface area contributed by atoms with Gasteiger partial charge < -0.3 is 9.13 Å². The molecule has 0 saturated carbocycles. The van der Waals surface area contributed by atoms with Gasteiger partial charge in [0.05, 0.1) is 51.9 Å². The molecule has 0 spiro atoms. The predicted octanol–water partition coefficient (Wildman–Crippen LogP) is 11.5. The van der Waals surface area contributed by atoms with Gasteiger partial charge in [-0.15, -0.1) is 0 Å². The number of rotatable bonds is 4. The Hall–Kier alpha value is -7.39. The molecule has 0 atom stereocenters. The van der Waals surface area contributed by atoms with E-state index in [0.29, 0.717) is 16.8 Å². The van der Waals surface area contributed by atoms with Crippen molar-refractivity contribution in [2.24, 2.45) is 0 Å². The number of aromatic nitrogens is 2. The number of nitrogens with zero attached hydrogens (tertiary/aromatic N) is 5. The third-order valence-electron chi connectivity index (χ3n) is 9.62. The van der Waals surface area contributed by atoms with Crippen molar-refractivity contribution in [1.29, 1.82) is 10.5 Å². The maximum atomic E-state index is 10.5. The van der Waals surface area contributed by atoms with Gasteiger partial charge in [-0.2, -0.15) is 10.5 Å². The van der Waals surface area contributed by atoms with Crippen molar-refractivity contribution >= 4 is 49.3 Å². The van der Waals surface area contributed by atoms with E-state index >= 15 is 0 Å². The summed E-state index contributed by atoms with van der Waals surface area (Å²) >= 11 is 0. The summed E-state index contributed by atoms with van der Waals surface area (Å²) in [6.07, 6.45) is 0. The summed E-state index contributed by atoms with van der Waals surface area (Å²) < 4.78 is 4.43. The van der Waals surface area contributed by atoms with Gasteiger partial charge in [-0.1, -0.05) is 91.0 Å². The van der Waals surface area contributed by atoms with Crippen LogP contribution in [0.15, 0.2) is 152 Å². The molecule has 0 radical (unpaired) electrons. The Morgan fingerprint density at radius 1 is 0.480 bits per heavy atom. The largest absolute Gasteiger partial charge is 0.310 e. The molecule has 0 saturated heterocycles. The topological polar surface area (TPSA) is 61.8 Å². The van der Waals surface area contributed by atoms with E-state index in [-0.39, 0.29) is 0 Å². The van der Waals surface area contributed by atoms with Crippen LogP contribution in [0.3, 0.4) is 0 Å². The minimum atomic E-state index is 0.502. The van der Waals surface area contributed by atoms with E-state index in [0.717, 1.165) is 66.5 Å². The molecule has 0 aliphatic heterocycles. The number of para-hydroxylation sites is 3. The Bertz CT molecular complexity index is 2900. The van der Waals surface area contributed by atoms with Crippen LogP contribution in [0.25, 0.3) is 82.1 Å². The molecule has 0 N–H and O–H groups in total. The van der Waals surface area contributed by atoms with Crippen LogP contribution in [0.2, 0.25) is 0 Å². The molecule has 0 bridgehead atoms. The molecule has 7 aromatic carbocycles. The van der Waals surface area contributed by atoms with E-state index in [1.807, 2.05) is 60.7 Å². The van der Waals surface area contributed by atoms with Crippen molar-refractivity contribution in [1.82, 2.24) is 9.13 Å². The lowest BCUT2D eigenvalue weighted by atomic mass is 9.94. The van der Waals surface area contributed by atoms with Gasteiger partial charge in [0.1, 0.15) is 0 Å². The van der Waals surface area contributed by atoms with E-state index in [2.05, 4.69) is 111 Å². The lowest BCUT2D eigenvalue weighted by molar-refractivity contribution is 1.18. The first-order valence-corrected chi connectivity index (χ1v) is 16.3. The van der Waals surface area contributed by atoms with Gasteiger partial charge in [0.15, 0.2) is 5.69 Å². The van der Waals surface area contributed by atoms with Crippen molar-refractivity contribution in [2.75, 3.05) is 0 Å². The quantitative estimate of drug-likeness (QED) is 0.181.